The molecule has 34 heteroatoms. The SMILES string of the molecule is CC#Cc1ccc(C(=O)Cc2ccc(F)c([C@@]3(C)N=C(CC(=O)OC(C)(C)C)C(C)(C)[S@@]4(=O)=NCC(F)(F)C[C@H]34)n2)nc1.CC#Cc1ccc(C(=O)Cc2ccc(F)c([C@@]3(C)N=C(N)C(C)(C)[S@@]4(=O)=NCC(F)(F)C[C@H]34)n2)nc1.CC(C)(C)OC(=O)CC1=N[C@](C)(c2nc(N)ccc2F)[C@H]2CC(F)(F)CN=[S@]2(=O)C1(C)C. The van der Waals surface area contributed by atoms with E-state index in [0.717, 1.165) is 18.2 Å². The summed E-state index contributed by atoms with van der Waals surface area (Å²) in [5, 5.41) is -4.14. The Hall–Kier alpha value is -9.02. The van der Waals surface area contributed by atoms with Crippen molar-refractivity contribution in [3.63, 3.8) is 0 Å². The molecule has 0 aromatic carbocycles. The van der Waals surface area contributed by atoms with Gasteiger partial charge in [-0.3, -0.25) is 54.1 Å². The van der Waals surface area contributed by atoms with E-state index in [9.17, 15) is 62.5 Å². The molecule has 111 heavy (non-hydrogen) atoms. The van der Waals surface area contributed by atoms with Crippen LogP contribution in [-0.4, -0.2) is 157 Å². The zero-order chi connectivity index (χ0) is 82.9. The van der Waals surface area contributed by atoms with Gasteiger partial charge in [0.15, 0.2) is 11.6 Å². The number of esters is 2. The van der Waals surface area contributed by atoms with Crippen LogP contribution in [0.4, 0.5) is 45.3 Å². The number of carbonyl (C=O) groups excluding carboxylic acids is 4. The molecule has 6 aliphatic heterocycles. The first kappa shape index (κ1) is 86.0. The van der Waals surface area contributed by atoms with Crippen molar-refractivity contribution in [1.29, 1.82) is 0 Å². The van der Waals surface area contributed by atoms with Gasteiger partial charge in [-0.2, -0.15) is 0 Å². The predicted octanol–water partition coefficient (Wildman–Crippen LogP) is 13.0. The average molecular weight is 1610 g/mol. The lowest BCUT2D eigenvalue weighted by Gasteiger charge is -2.49. The van der Waals surface area contributed by atoms with Crippen molar-refractivity contribution in [2.24, 2.45) is 33.8 Å². The highest BCUT2D eigenvalue weighted by Crippen LogP contribution is 2.54. The number of aromatic nitrogens is 5. The summed E-state index contributed by atoms with van der Waals surface area (Å²) in [7, 11) is -10.4. The van der Waals surface area contributed by atoms with E-state index in [1.54, 1.807) is 95.2 Å². The number of hydrogen-bond acceptors (Lipinski definition) is 22. The number of rotatable bonds is 13. The first-order valence-electron chi connectivity index (χ1n) is 35.3. The summed E-state index contributed by atoms with van der Waals surface area (Å²) in [6.45, 7) is 24.2. The molecule has 0 amide bonds. The summed E-state index contributed by atoms with van der Waals surface area (Å²) < 4.78 is 195. The van der Waals surface area contributed by atoms with Crippen LogP contribution in [0.3, 0.4) is 0 Å². The van der Waals surface area contributed by atoms with Crippen LogP contribution >= 0.6 is 0 Å². The molecule has 9 atom stereocenters. The Morgan fingerprint density at radius 3 is 1.12 bits per heavy atom. The largest absolute Gasteiger partial charge is 0.460 e. The van der Waals surface area contributed by atoms with Crippen LogP contribution in [0.1, 0.15) is 210 Å². The molecule has 5 aromatic rings. The number of ether oxygens (including phenoxy) is 2. The minimum atomic E-state index is -3.57. The highest BCUT2D eigenvalue weighted by molar-refractivity contribution is 7.97. The van der Waals surface area contributed by atoms with Crippen molar-refractivity contribution in [2.45, 2.75) is 238 Å². The first-order chi connectivity index (χ1) is 51.0. The third-order valence-electron chi connectivity index (χ3n) is 20.1. The third-order valence-corrected chi connectivity index (χ3v) is 30.9. The highest BCUT2D eigenvalue weighted by Gasteiger charge is 2.64. The fraction of sp³-hybridized carbons (Fsp3) is 0.532. The van der Waals surface area contributed by atoms with E-state index in [4.69, 9.17) is 25.9 Å². The van der Waals surface area contributed by atoms with E-state index in [0.29, 0.717) is 11.1 Å². The maximum atomic E-state index is 15.6. The molecule has 0 aliphatic carbocycles. The van der Waals surface area contributed by atoms with Gasteiger partial charge in [-0.25, -0.2) is 70.2 Å². The van der Waals surface area contributed by atoms with Gasteiger partial charge in [-0.15, -0.1) is 11.8 Å². The molecular formula is C77H90F9N13O9S3. The summed E-state index contributed by atoms with van der Waals surface area (Å²) in [5.41, 5.74) is 6.01. The van der Waals surface area contributed by atoms with E-state index in [1.165, 1.54) is 77.3 Å². The zero-order valence-corrected chi connectivity index (χ0v) is 67.1. The molecule has 5 aromatic heterocycles. The number of nitrogens with two attached hydrogens (primary N) is 2. The lowest BCUT2D eigenvalue weighted by molar-refractivity contribution is -0.154. The lowest BCUT2D eigenvalue weighted by Crippen LogP contribution is -2.62. The standard InChI is InChI=1S/C31H35F3N4O4S.C25H26F3N5O2S.C21H29F3N4O3S/c1-8-9-19-10-13-22(35-17-19)23(39)14-20-11-12-21(32)27(37-20)30(7)25-16-31(33,34)18-36-43(25,41)29(5,6)24(38-30)15-26(40)42-28(2,3)4;1-5-6-15-7-10-18(30-13-15)19(34)11-16-8-9-17(26)21(32-16)24(4)20-12-25(27,28)14-31-36(20,35)23(2,3)22(29)33-24;1-18(2,3)31-16(29)9-13-19(4,5)32(30)14(10-21(23,24)11-26-32)20(6,28-13)17-12(22)7-8-15(25)27-17/h10-13,17,25H,14-16,18H2,1-7H3;7-10,13,20H,11-12,14H2,1-4H3,(H2,29,33);7-8,14H,9-11H2,1-6H3,(H2,25,27)/t25-,30+,43-;20-,24+,36-;14-,20+,32-/m111/s1. The number of Topliss-reactive ketones (excluding diaryl/α,β-unsaturated/α-hetero) is 2. The molecule has 6 aliphatic rings. The molecule has 0 saturated heterocycles. The highest BCUT2D eigenvalue weighted by atomic mass is 32.2. The van der Waals surface area contributed by atoms with Crippen LogP contribution in [0.2, 0.25) is 0 Å². The van der Waals surface area contributed by atoms with Gasteiger partial charge < -0.3 is 20.9 Å². The molecule has 4 N–H and O–H groups in total. The predicted molar refractivity (Wildman–Crippen MR) is 405 cm³/mol. The maximum Gasteiger partial charge on any atom is 0.312 e. The molecule has 0 fully saturated rings. The molecule has 0 spiro atoms. The van der Waals surface area contributed by atoms with Gasteiger partial charge in [0, 0.05) is 65.6 Å². The van der Waals surface area contributed by atoms with Crippen LogP contribution in [-0.2, 0) is 77.7 Å². The number of halogens is 9. The second-order valence-corrected chi connectivity index (χ2v) is 40.9. The second-order valence-electron chi connectivity index (χ2n) is 32.0. The molecular weight excluding hydrogens is 1520 g/mol. The van der Waals surface area contributed by atoms with Crippen molar-refractivity contribution in [2.75, 3.05) is 25.4 Å². The number of anilines is 1. The minimum Gasteiger partial charge on any atom is -0.460 e. The average Bonchev–Trinajstić information content (AvgIpc) is 0.706. The topological polar surface area (TPSA) is 329 Å². The second kappa shape index (κ2) is 30.1. The number of carbonyl (C=O) groups is 4. The number of ketones is 2. The van der Waals surface area contributed by atoms with E-state index >= 15 is 8.78 Å². The van der Waals surface area contributed by atoms with Crippen molar-refractivity contribution >= 4 is 75.8 Å². The zero-order valence-electron chi connectivity index (χ0n) is 64.6. The van der Waals surface area contributed by atoms with Gasteiger partial charge in [0.25, 0.3) is 17.8 Å². The number of aliphatic imine (C=N–C) groups is 3. The van der Waals surface area contributed by atoms with Gasteiger partial charge in [-0.1, -0.05) is 11.8 Å². The maximum absolute atomic E-state index is 15.6. The number of hydrogen-bond donors (Lipinski definition) is 2. The van der Waals surface area contributed by atoms with Gasteiger partial charge in [-0.05, 0) is 178 Å². The molecule has 0 radical (unpaired) electrons. The van der Waals surface area contributed by atoms with Gasteiger partial charge in [0.1, 0.15) is 110 Å². The van der Waals surface area contributed by atoms with E-state index in [1.807, 2.05) is 0 Å². The summed E-state index contributed by atoms with van der Waals surface area (Å²) >= 11 is 0. The first-order valence-corrected chi connectivity index (χ1v) is 40.0. The fourth-order valence-corrected chi connectivity index (χ4v) is 23.9. The molecule has 22 nitrogen and oxygen atoms in total. The van der Waals surface area contributed by atoms with Crippen LogP contribution in [0, 0.1) is 41.1 Å². The van der Waals surface area contributed by atoms with Crippen LogP contribution in [0.25, 0.3) is 0 Å². The quantitative estimate of drug-likeness (QED) is 0.0479. The van der Waals surface area contributed by atoms with Crippen molar-refractivity contribution in [1.82, 2.24) is 24.9 Å². The Kier molecular flexibility index (Phi) is 23.4. The number of nitrogen functional groups attached to an aromatic ring is 1. The van der Waals surface area contributed by atoms with Gasteiger partial charge >= 0.3 is 11.9 Å². The number of pyridine rings is 5. The van der Waals surface area contributed by atoms with E-state index < -0.39 is 185 Å². The Balaban J connectivity index is 0.000000194. The van der Waals surface area contributed by atoms with E-state index in [-0.39, 0.29) is 88.0 Å². The van der Waals surface area contributed by atoms with Gasteiger partial charge in [0.2, 0.25) is 0 Å². The van der Waals surface area contributed by atoms with E-state index in [2.05, 4.69) is 71.7 Å². The Morgan fingerprint density at radius 2 is 0.793 bits per heavy atom. The van der Waals surface area contributed by atoms with Crippen molar-refractivity contribution in [3.05, 3.63) is 141 Å². The lowest BCUT2D eigenvalue weighted by atomic mass is 9.87. The van der Waals surface area contributed by atoms with Crippen LogP contribution in [0.5, 0.6) is 0 Å². The van der Waals surface area contributed by atoms with Crippen molar-refractivity contribution < 1.29 is 80.8 Å². The van der Waals surface area contributed by atoms with Crippen molar-refractivity contribution in [3.8, 4) is 23.7 Å². The summed E-state index contributed by atoms with van der Waals surface area (Å²) in [5.74, 6) is -3.38. The summed E-state index contributed by atoms with van der Waals surface area (Å²) in [4.78, 5) is 86.0. The number of nitrogens with zero attached hydrogens (tertiary/aromatic N) is 11. The molecule has 11 rings (SSSR count). The fourth-order valence-electron chi connectivity index (χ4n) is 14.1. The third kappa shape index (κ3) is 17.2. The van der Waals surface area contributed by atoms with Gasteiger partial charge in [0.05, 0.1) is 80.1 Å². The van der Waals surface area contributed by atoms with Crippen LogP contribution in [0.15, 0.2) is 101 Å². The molecule has 0 bridgehead atoms. The minimum absolute atomic E-state index is 0.0395. The summed E-state index contributed by atoms with van der Waals surface area (Å²) in [6, 6.07) is 13.5. The van der Waals surface area contributed by atoms with Crippen LogP contribution < -0.4 is 11.5 Å². The molecule has 11 heterocycles. The monoisotopic (exact) mass is 1610 g/mol. The Labute approximate surface area is 640 Å². The summed E-state index contributed by atoms with van der Waals surface area (Å²) in [6.07, 6.45) is -0.808. The molecule has 0 saturated carbocycles. The normalized spacial score (nSPS) is 28.1. The molecule has 0 unspecified atom stereocenters. The Morgan fingerprint density at radius 1 is 0.468 bits per heavy atom. The Bertz CT molecular complexity index is 5240. The number of fused-ring (bicyclic) bond motifs is 3. The molecule has 598 valence electrons. The number of amidine groups is 1. The number of alkyl halides is 6. The smallest absolute Gasteiger partial charge is 0.312 e.